The summed E-state index contributed by atoms with van der Waals surface area (Å²) in [6.45, 7) is 4.67. The number of likely N-dealkylation sites (tertiary alicyclic amines) is 1. The lowest BCUT2D eigenvalue weighted by molar-refractivity contribution is -0.114. The van der Waals surface area contributed by atoms with Crippen LogP contribution in [0.3, 0.4) is 0 Å². The Morgan fingerprint density at radius 2 is 1.41 bits per heavy atom. The molecular weight excluding hydrogens is 416 g/mol. The lowest BCUT2D eigenvalue weighted by Crippen LogP contribution is -2.31. The fraction of sp³-hybridized carbons (Fsp3) is 0.258. The molecule has 0 saturated carbocycles. The van der Waals surface area contributed by atoms with Gasteiger partial charge in [-0.25, -0.2) is 0 Å². The van der Waals surface area contributed by atoms with Gasteiger partial charge >= 0.3 is 0 Å². The molecule has 1 amide bonds. The van der Waals surface area contributed by atoms with E-state index in [1.165, 1.54) is 34.8 Å². The number of carbonyl (C=O) groups is 1. The summed E-state index contributed by atoms with van der Waals surface area (Å²) in [5.41, 5.74) is 10.9. The Morgan fingerprint density at radius 1 is 0.824 bits per heavy atom. The Hall–Kier alpha value is -3.43. The quantitative estimate of drug-likeness (QED) is 0.504. The first kappa shape index (κ1) is 22.4. The molecule has 3 heteroatoms. The summed E-state index contributed by atoms with van der Waals surface area (Å²) < 4.78 is 0. The molecule has 172 valence electrons. The van der Waals surface area contributed by atoms with Crippen LogP contribution in [0.25, 0.3) is 11.6 Å². The molecule has 2 aliphatic rings. The Kier molecular flexibility index (Phi) is 6.73. The fourth-order valence-electron chi connectivity index (χ4n) is 5.23. The first-order valence-electron chi connectivity index (χ1n) is 12.3. The van der Waals surface area contributed by atoms with Crippen molar-refractivity contribution in [2.24, 2.45) is 0 Å². The third kappa shape index (κ3) is 5.05. The standard InChI is InChI=1S/C31H32N2O/c1-23(34)32-28-16-12-24(13-17-28)7-6-20-33-21-18-27(19-22-33)31-29-10-4-2-8-25(29)14-15-26-9-3-5-11-30(26)31/h2-13,16-17H,14-15,18-22H2,1H3,(H,32,34)/b7-6+. The van der Waals surface area contributed by atoms with Crippen molar-refractivity contribution in [3.05, 3.63) is 112 Å². The van der Waals surface area contributed by atoms with Gasteiger partial charge in [-0.3, -0.25) is 9.69 Å². The number of aryl methyl sites for hydroxylation is 2. The van der Waals surface area contributed by atoms with Gasteiger partial charge in [-0.1, -0.05) is 78.4 Å². The lowest BCUT2D eigenvalue weighted by Gasteiger charge is -2.29. The summed E-state index contributed by atoms with van der Waals surface area (Å²) >= 11 is 0. The first-order valence-corrected chi connectivity index (χ1v) is 12.3. The van der Waals surface area contributed by atoms with Crippen LogP contribution in [0, 0.1) is 0 Å². The zero-order valence-corrected chi connectivity index (χ0v) is 19.9. The minimum atomic E-state index is -0.0430. The smallest absolute Gasteiger partial charge is 0.221 e. The third-order valence-corrected chi connectivity index (χ3v) is 6.96. The third-order valence-electron chi connectivity index (χ3n) is 6.96. The number of anilines is 1. The van der Waals surface area contributed by atoms with E-state index >= 15 is 0 Å². The molecule has 1 saturated heterocycles. The number of carbonyl (C=O) groups excluding carboxylic acids is 1. The highest BCUT2D eigenvalue weighted by Crippen LogP contribution is 2.38. The maximum Gasteiger partial charge on any atom is 0.221 e. The minimum Gasteiger partial charge on any atom is -0.326 e. The second-order valence-electron chi connectivity index (χ2n) is 9.30. The fourth-order valence-corrected chi connectivity index (χ4v) is 5.23. The SMILES string of the molecule is CC(=O)Nc1ccc(/C=C/CN2CCC(=C3c4ccccc4CCc4ccccc43)CC2)cc1. The summed E-state index contributed by atoms with van der Waals surface area (Å²) in [6.07, 6.45) is 8.90. The highest BCUT2D eigenvalue weighted by molar-refractivity contribution is 5.88. The van der Waals surface area contributed by atoms with Crippen LogP contribution in [0.5, 0.6) is 0 Å². The predicted molar refractivity (Wildman–Crippen MR) is 142 cm³/mol. The van der Waals surface area contributed by atoms with Crippen LogP contribution in [0.4, 0.5) is 5.69 Å². The molecule has 0 unspecified atom stereocenters. The van der Waals surface area contributed by atoms with Crippen molar-refractivity contribution in [1.29, 1.82) is 0 Å². The van der Waals surface area contributed by atoms with E-state index in [9.17, 15) is 4.79 Å². The van der Waals surface area contributed by atoms with Gasteiger partial charge in [0.15, 0.2) is 0 Å². The Morgan fingerprint density at radius 3 is 2.00 bits per heavy atom. The highest BCUT2D eigenvalue weighted by Gasteiger charge is 2.23. The molecule has 3 nitrogen and oxygen atoms in total. The van der Waals surface area contributed by atoms with E-state index in [4.69, 9.17) is 0 Å². The van der Waals surface area contributed by atoms with Crippen molar-refractivity contribution in [2.45, 2.75) is 32.6 Å². The molecule has 0 spiro atoms. The van der Waals surface area contributed by atoms with E-state index in [1.807, 2.05) is 24.3 Å². The number of amides is 1. The molecule has 1 N–H and O–H groups in total. The Bertz CT molecular complexity index is 1180. The molecule has 1 aliphatic heterocycles. The van der Waals surface area contributed by atoms with E-state index in [0.29, 0.717) is 0 Å². The van der Waals surface area contributed by atoms with Crippen molar-refractivity contribution < 1.29 is 4.79 Å². The first-order chi connectivity index (χ1) is 16.7. The van der Waals surface area contributed by atoms with Crippen LogP contribution in [0.2, 0.25) is 0 Å². The van der Waals surface area contributed by atoms with Gasteiger partial charge in [0.05, 0.1) is 0 Å². The van der Waals surface area contributed by atoms with Gasteiger partial charge in [0.25, 0.3) is 0 Å². The van der Waals surface area contributed by atoms with Crippen molar-refractivity contribution in [3.63, 3.8) is 0 Å². The van der Waals surface area contributed by atoms with Gasteiger partial charge < -0.3 is 5.32 Å². The average Bonchev–Trinajstić information content (AvgIpc) is 3.02. The maximum atomic E-state index is 11.2. The summed E-state index contributed by atoms with van der Waals surface area (Å²) in [7, 11) is 0. The number of rotatable bonds is 4. The number of hydrogen-bond acceptors (Lipinski definition) is 2. The van der Waals surface area contributed by atoms with Crippen molar-refractivity contribution in [3.8, 4) is 0 Å². The topological polar surface area (TPSA) is 32.3 Å². The summed E-state index contributed by atoms with van der Waals surface area (Å²) in [4.78, 5) is 13.7. The zero-order chi connectivity index (χ0) is 23.3. The molecule has 0 radical (unpaired) electrons. The number of nitrogens with one attached hydrogen (secondary N) is 1. The van der Waals surface area contributed by atoms with Crippen LogP contribution < -0.4 is 5.32 Å². The summed E-state index contributed by atoms with van der Waals surface area (Å²) in [5, 5.41) is 2.81. The Labute approximate surface area is 202 Å². The Balaban J connectivity index is 1.28. The lowest BCUT2D eigenvalue weighted by atomic mass is 9.86. The van der Waals surface area contributed by atoms with Gasteiger partial charge in [-0.15, -0.1) is 0 Å². The number of fused-ring (bicyclic) bond motifs is 2. The van der Waals surface area contributed by atoms with Gasteiger partial charge in [0.1, 0.15) is 0 Å². The van der Waals surface area contributed by atoms with Crippen molar-refractivity contribution in [2.75, 3.05) is 25.0 Å². The summed E-state index contributed by atoms with van der Waals surface area (Å²) in [5.74, 6) is -0.0430. The molecule has 3 aromatic carbocycles. The largest absolute Gasteiger partial charge is 0.326 e. The van der Waals surface area contributed by atoms with Gasteiger partial charge in [-0.2, -0.15) is 0 Å². The van der Waals surface area contributed by atoms with E-state index in [-0.39, 0.29) is 5.91 Å². The molecule has 0 bridgehead atoms. The molecular formula is C31H32N2O. The molecule has 0 aromatic heterocycles. The van der Waals surface area contributed by atoms with Crippen molar-refractivity contribution >= 4 is 23.2 Å². The number of benzene rings is 3. The second kappa shape index (κ2) is 10.2. The van der Waals surface area contributed by atoms with Crippen LogP contribution in [-0.4, -0.2) is 30.4 Å². The van der Waals surface area contributed by atoms with Crippen LogP contribution >= 0.6 is 0 Å². The summed E-state index contributed by atoms with van der Waals surface area (Å²) in [6, 6.07) is 26.0. The van der Waals surface area contributed by atoms with Gasteiger partial charge in [-0.05, 0) is 71.2 Å². The zero-order valence-electron chi connectivity index (χ0n) is 19.9. The molecule has 34 heavy (non-hydrogen) atoms. The maximum absolute atomic E-state index is 11.2. The van der Waals surface area contributed by atoms with E-state index in [0.717, 1.165) is 56.6 Å². The molecule has 1 fully saturated rings. The van der Waals surface area contributed by atoms with E-state index in [2.05, 4.69) is 70.9 Å². The molecule has 1 aliphatic carbocycles. The number of hydrogen-bond donors (Lipinski definition) is 1. The monoisotopic (exact) mass is 448 g/mol. The van der Waals surface area contributed by atoms with Crippen LogP contribution in [0.1, 0.15) is 47.6 Å². The second-order valence-corrected chi connectivity index (χ2v) is 9.30. The van der Waals surface area contributed by atoms with E-state index < -0.39 is 0 Å². The number of piperidine rings is 1. The highest BCUT2D eigenvalue weighted by atomic mass is 16.1. The van der Waals surface area contributed by atoms with Gasteiger partial charge in [0.2, 0.25) is 5.91 Å². The minimum absolute atomic E-state index is 0.0430. The molecule has 1 heterocycles. The van der Waals surface area contributed by atoms with Crippen molar-refractivity contribution in [1.82, 2.24) is 4.90 Å². The normalized spacial score (nSPS) is 16.1. The predicted octanol–water partition coefficient (Wildman–Crippen LogP) is 6.35. The van der Waals surface area contributed by atoms with E-state index in [1.54, 1.807) is 5.57 Å². The molecule has 0 atom stereocenters. The van der Waals surface area contributed by atoms with Gasteiger partial charge in [0, 0.05) is 32.2 Å². The van der Waals surface area contributed by atoms with Crippen LogP contribution in [-0.2, 0) is 17.6 Å². The molecule has 3 aromatic rings. The average molecular weight is 449 g/mol. The molecule has 5 rings (SSSR count). The van der Waals surface area contributed by atoms with Crippen LogP contribution in [0.15, 0.2) is 84.4 Å². The number of nitrogens with zero attached hydrogens (tertiary/aromatic N) is 1.